The van der Waals surface area contributed by atoms with Crippen molar-refractivity contribution in [1.29, 1.82) is 0 Å². The molecule has 1 aromatic heterocycles. The Kier molecular flexibility index (Phi) is 7.37. The maximum atomic E-state index is 13.0. The molecule has 178 valence electrons. The molecule has 2 aliphatic rings. The molecule has 0 radical (unpaired) electrons. The van der Waals surface area contributed by atoms with Gasteiger partial charge in [0.15, 0.2) is 0 Å². The lowest BCUT2D eigenvalue weighted by atomic mass is 9.79. The first-order chi connectivity index (χ1) is 15.8. The Hall–Kier alpha value is -2.02. The highest BCUT2D eigenvalue weighted by molar-refractivity contribution is 6.42. The highest BCUT2D eigenvalue weighted by atomic mass is 35.5. The number of ether oxygens (including phenoxy) is 1. The molecule has 1 atom stereocenters. The van der Waals surface area contributed by atoms with Crippen LogP contribution in [0.25, 0.3) is 0 Å². The third-order valence-corrected chi connectivity index (χ3v) is 7.75. The number of hydrogen-bond donors (Lipinski definition) is 1. The fraction of sp³-hybridized carbons (Fsp3) is 0.520. The summed E-state index contributed by atoms with van der Waals surface area (Å²) in [7, 11) is 1.66. The second kappa shape index (κ2) is 10.1. The molecule has 4 rings (SSSR count). The van der Waals surface area contributed by atoms with Crippen LogP contribution in [0.4, 0.5) is 4.79 Å². The molecule has 33 heavy (non-hydrogen) atoms. The van der Waals surface area contributed by atoms with Gasteiger partial charge in [-0.25, -0.2) is 4.79 Å². The zero-order chi connectivity index (χ0) is 23.6. The largest absolute Gasteiger partial charge is 0.496 e. The van der Waals surface area contributed by atoms with E-state index in [9.17, 15) is 4.79 Å². The van der Waals surface area contributed by atoms with Gasteiger partial charge in [-0.1, -0.05) is 29.3 Å². The molecule has 0 bridgehead atoms. The number of halogens is 2. The van der Waals surface area contributed by atoms with Gasteiger partial charge in [-0.15, -0.1) is 0 Å². The number of benzene rings is 1. The number of methoxy groups -OCH3 is 1. The van der Waals surface area contributed by atoms with E-state index in [0.717, 1.165) is 74.6 Å². The van der Waals surface area contributed by atoms with Crippen molar-refractivity contribution >= 4 is 29.2 Å². The van der Waals surface area contributed by atoms with Crippen molar-refractivity contribution in [1.82, 2.24) is 20.1 Å². The molecule has 8 heteroatoms. The van der Waals surface area contributed by atoms with E-state index in [4.69, 9.17) is 27.9 Å². The molecule has 2 fully saturated rings. The summed E-state index contributed by atoms with van der Waals surface area (Å²) in [6, 6.07) is 5.83. The molecule has 0 aliphatic carbocycles. The SMILES string of the molecule is COc1c(C)cnc(CNC(=O)N2CCCC3(CCN(Cc4ccc(Cl)c(Cl)c4)C3)C2)c1C. The van der Waals surface area contributed by atoms with Crippen LogP contribution in [-0.2, 0) is 13.1 Å². The fourth-order valence-corrected chi connectivity index (χ4v) is 5.61. The molecule has 1 spiro atoms. The Bertz CT molecular complexity index is 1030. The van der Waals surface area contributed by atoms with Crippen molar-refractivity contribution in [2.45, 2.75) is 46.2 Å². The first-order valence-corrected chi connectivity index (χ1v) is 12.2. The van der Waals surface area contributed by atoms with Gasteiger partial charge >= 0.3 is 6.03 Å². The van der Waals surface area contributed by atoms with Crippen LogP contribution in [-0.4, -0.2) is 54.1 Å². The molecule has 1 N–H and O–H groups in total. The van der Waals surface area contributed by atoms with E-state index in [-0.39, 0.29) is 11.4 Å². The Morgan fingerprint density at radius 2 is 2.00 bits per heavy atom. The molecular weight excluding hydrogens is 459 g/mol. The minimum atomic E-state index is -0.0160. The predicted octanol–water partition coefficient (Wildman–Crippen LogP) is 5.21. The number of piperidine rings is 1. The summed E-state index contributed by atoms with van der Waals surface area (Å²) in [5, 5.41) is 4.26. The van der Waals surface area contributed by atoms with Crippen molar-refractivity contribution < 1.29 is 9.53 Å². The minimum absolute atomic E-state index is 0.0160. The summed E-state index contributed by atoms with van der Waals surface area (Å²) < 4.78 is 5.49. The van der Waals surface area contributed by atoms with Gasteiger partial charge in [0, 0.05) is 48.9 Å². The maximum Gasteiger partial charge on any atom is 0.317 e. The van der Waals surface area contributed by atoms with Gasteiger partial charge < -0.3 is 15.0 Å². The summed E-state index contributed by atoms with van der Waals surface area (Å²) in [6.45, 7) is 8.82. The van der Waals surface area contributed by atoms with E-state index in [1.807, 2.05) is 36.9 Å². The lowest BCUT2D eigenvalue weighted by Gasteiger charge is -2.40. The standard InChI is InChI=1S/C25H32Cl2N4O2/c1-17-12-28-22(18(2)23(17)33-3)13-29-24(32)31-9-4-7-25(16-31)8-10-30(15-25)14-19-5-6-20(26)21(27)11-19/h5-6,11-12H,4,7-10,13-16H2,1-3H3,(H,29,32). The van der Waals surface area contributed by atoms with E-state index < -0.39 is 0 Å². The van der Waals surface area contributed by atoms with Crippen LogP contribution in [0.5, 0.6) is 5.75 Å². The monoisotopic (exact) mass is 490 g/mol. The number of aryl methyl sites for hydroxylation is 1. The maximum absolute atomic E-state index is 13.0. The van der Waals surface area contributed by atoms with E-state index in [1.165, 1.54) is 5.56 Å². The Labute approximate surface area is 206 Å². The van der Waals surface area contributed by atoms with Crippen LogP contribution >= 0.6 is 23.2 Å². The Balaban J connectivity index is 1.34. The van der Waals surface area contributed by atoms with Crippen LogP contribution < -0.4 is 10.1 Å². The zero-order valence-corrected chi connectivity index (χ0v) is 21.1. The van der Waals surface area contributed by atoms with Crippen LogP contribution in [0, 0.1) is 19.3 Å². The topological polar surface area (TPSA) is 57.7 Å². The van der Waals surface area contributed by atoms with Gasteiger partial charge in [0.2, 0.25) is 0 Å². The van der Waals surface area contributed by atoms with E-state index in [0.29, 0.717) is 16.6 Å². The first-order valence-electron chi connectivity index (χ1n) is 11.5. The molecule has 1 aromatic carbocycles. The number of amides is 2. The predicted molar refractivity (Wildman–Crippen MR) is 132 cm³/mol. The lowest BCUT2D eigenvalue weighted by molar-refractivity contribution is 0.107. The number of carbonyl (C=O) groups is 1. The van der Waals surface area contributed by atoms with Crippen molar-refractivity contribution in [2.24, 2.45) is 5.41 Å². The second-order valence-electron chi connectivity index (χ2n) is 9.44. The molecule has 2 amide bonds. The van der Waals surface area contributed by atoms with Gasteiger partial charge in [-0.05, 0) is 57.4 Å². The van der Waals surface area contributed by atoms with Crippen LogP contribution in [0.2, 0.25) is 10.0 Å². The third-order valence-electron chi connectivity index (χ3n) is 7.01. The van der Waals surface area contributed by atoms with E-state index >= 15 is 0 Å². The highest BCUT2D eigenvalue weighted by Gasteiger charge is 2.42. The number of pyridine rings is 1. The van der Waals surface area contributed by atoms with Crippen molar-refractivity contribution in [3.63, 3.8) is 0 Å². The summed E-state index contributed by atoms with van der Waals surface area (Å²) in [6.07, 6.45) is 5.09. The number of nitrogens with one attached hydrogen (secondary N) is 1. The smallest absolute Gasteiger partial charge is 0.317 e. The number of urea groups is 1. The lowest BCUT2D eigenvalue weighted by Crippen LogP contribution is -2.50. The average Bonchev–Trinajstić information content (AvgIpc) is 3.17. The van der Waals surface area contributed by atoms with Crippen molar-refractivity contribution in [3.8, 4) is 5.75 Å². The van der Waals surface area contributed by atoms with E-state index in [1.54, 1.807) is 13.3 Å². The molecule has 2 saturated heterocycles. The van der Waals surface area contributed by atoms with Gasteiger partial charge in [-0.3, -0.25) is 9.88 Å². The number of likely N-dealkylation sites (tertiary alicyclic amines) is 2. The van der Waals surface area contributed by atoms with Gasteiger partial charge in [0.05, 0.1) is 29.4 Å². The average molecular weight is 491 g/mol. The molecule has 6 nitrogen and oxygen atoms in total. The van der Waals surface area contributed by atoms with E-state index in [2.05, 4.69) is 15.2 Å². The van der Waals surface area contributed by atoms with Gasteiger partial charge in [0.1, 0.15) is 5.75 Å². The molecule has 0 saturated carbocycles. The van der Waals surface area contributed by atoms with Crippen LogP contribution in [0.3, 0.4) is 0 Å². The Morgan fingerprint density at radius 3 is 2.76 bits per heavy atom. The normalized spacial score (nSPS) is 20.9. The Morgan fingerprint density at radius 1 is 1.18 bits per heavy atom. The van der Waals surface area contributed by atoms with Gasteiger partial charge in [-0.2, -0.15) is 0 Å². The van der Waals surface area contributed by atoms with Crippen molar-refractivity contribution in [3.05, 3.63) is 56.8 Å². The molecule has 2 aliphatic heterocycles. The number of aromatic nitrogens is 1. The zero-order valence-electron chi connectivity index (χ0n) is 19.6. The summed E-state index contributed by atoms with van der Waals surface area (Å²) in [5.41, 5.74) is 4.14. The molecule has 2 aromatic rings. The second-order valence-corrected chi connectivity index (χ2v) is 10.3. The number of carbonyl (C=O) groups excluding carboxylic acids is 1. The van der Waals surface area contributed by atoms with Crippen LogP contribution in [0.1, 0.15) is 41.6 Å². The fourth-order valence-electron chi connectivity index (χ4n) is 5.29. The molecule has 1 unspecified atom stereocenters. The number of rotatable bonds is 5. The highest BCUT2D eigenvalue weighted by Crippen LogP contribution is 2.39. The number of nitrogens with zero attached hydrogens (tertiary/aromatic N) is 3. The van der Waals surface area contributed by atoms with Crippen molar-refractivity contribution in [2.75, 3.05) is 33.3 Å². The summed E-state index contributed by atoms with van der Waals surface area (Å²) in [5.74, 6) is 0.833. The minimum Gasteiger partial charge on any atom is -0.496 e. The van der Waals surface area contributed by atoms with Gasteiger partial charge in [0.25, 0.3) is 0 Å². The number of hydrogen-bond acceptors (Lipinski definition) is 4. The molecular formula is C25H32Cl2N4O2. The third kappa shape index (κ3) is 5.39. The summed E-state index contributed by atoms with van der Waals surface area (Å²) in [4.78, 5) is 21.9. The first kappa shape index (κ1) is 24.1. The quantitative estimate of drug-likeness (QED) is 0.624. The summed E-state index contributed by atoms with van der Waals surface area (Å²) >= 11 is 12.2. The molecule has 3 heterocycles. The van der Waals surface area contributed by atoms with Crippen LogP contribution in [0.15, 0.2) is 24.4 Å².